The van der Waals surface area contributed by atoms with Crippen LogP contribution in [0.5, 0.6) is 0 Å². The molecule has 3 aliphatic rings. The van der Waals surface area contributed by atoms with Gasteiger partial charge in [-0.05, 0) is 81.0 Å². The van der Waals surface area contributed by atoms with Crippen molar-refractivity contribution < 1.29 is 19.9 Å². The second-order valence-electron chi connectivity index (χ2n) is 8.01. The monoisotopic (exact) mass is 396 g/mol. The maximum absolute atomic E-state index is 12.6. The molecule has 0 aliphatic heterocycles. The quantitative estimate of drug-likeness (QED) is 0.445. The molecule has 1 atom stereocenters. The second-order valence-corrected chi connectivity index (χ2v) is 8.01. The molecular weight excluding hydrogens is 366 g/mol. The van der Waals surface area contributed by atoms with Gasteiger partial charge < -0.3 is 26.2 Å². The third kappa shape index (κ3) is 4.84. The van der Waals surface area contributed by atoms with Crippen LogP contribution < -0.4 is 11.1 Å². The third-order valence-electron chi connectivity index (χ3n) is 6.34. The topological polar surface area (TPSA) is 116 Å². The number of fused-ring (bicyclic) bond motifs is 3. The minimum absolute atomic E-state index is 0. The molecule has 0 spiro atoms. The van der Waals surface area contributed by atoms with E-state index in [0.717, 1.165) is 44.1 Å². The average molecular weight is 397 g/mol. The highest BCUT2D eigenvalue weighted by Gasteiger charge is 2.48. The standard InChI is InChI=1S/C19H29BN2O4.ClH/c21-12-2-5-16(20(25)26)22-17(23)14-3-1-4-15(13-14)18-6-9-19(24,10-7-18)11-8-18;/h1,3-4,13,16,24-26H,2,5-12,21H2,(H,22,23);1H/t16-,18?,19?;/m0./s1. The lowest BCUT2D eigenvalue weighted by Gasteiger charge is -2.51. The maximum atomic E-state index is 12.6. The summed E-state index contributed by atoms with van der Waals surface area (Å²) in [7, 11) is -1.61. The van der Waals surface area contributed by atoms with Crippen LogP contribution in [0, 0.1) is 0 Å². The first-order valence-corrected chi connectivity index (χ1v) is 9.58. The van der Waals surface area contributed by atoms with Crippen molar-refractivity contribution in [2.45, 2.75) is 68.3 Å². The van der Waals surface area contributed by atoms with Crippen molar-refractivity contribution in [2.24, 2.45) is 5.73 Å². The van der Waals surface area contributed by atoms with E-state index in [1.807, 2.05) is 12.1 Å². The van der Waals surface area contributed by atoms with Crippen LogP contribution in [-0.4, -0.2) is 46.3 Å². The molecule has 0 aromatic heterocycles. The first-order chi connectivity index (χ1) is 12.4. The van der Waals surface area contributed by atoms with Crippen LogP contribution in [0.2, 0.25) is 0 Å². The smallest absolute Gasteiger partial charge is 0.426 e. The number of nitrogens with two attached hydrogens (primary N) is 1. The maximum Gasteiger partial charge on any atom is 0.475 e. The average Bonchev–Trinajstić information content (AvgIpc) is 2.65. The van der Waals surface area contributed by atoms with Gasteiger partial charge in [-0.25, -0.2) is 0 Å². The van der Waals surface area contributed by atoms with E-state index in [2.05, 4.69) is 11.4 Å². The summed E-state index contributed by atoms with van der Waals surface area (Å²) in [6.45, 7) is 0.434. The highest BCUT2D eigenvalue weighted by Crippen LogP contribution is 2.53. The summed E-state index contributed by atoms with van der Waals surface area (Å²) in [4.78, 5) is 12.6. The number of amides is 1. The molecule has 6 N–H and O–H groups in total. The van der Waals surface area contributed by atoms with Gasteiger partial charge in [0.05, 0.1) is 11.5 Å². The van der Waals surface area contributed by atoms with E-state index >= 15 is 0 Å². The van der Waals surface area contributed by atoms with E-state index in [1.165, 1.54) is 0 Å². The molecule has 1 aromatic carbocycles. The Morgan fingerprint density at radius 3 is 2.37 bits per heavy atom. The summed E-state index contributed by atoms with van der Waals surface area (Å²) < 4.78 is 0. The Hall–Kier alpha value is -1.12. The van der Waals surface area contributed by atoms with Crippen molar-refractivity contribution in [3.8, 4) is 0 Å². The number of carbonyl (C=O) groups is 1. The number of hydrogen-bond acceptors (Lipinski definition) is 5. The Labute approximate surface area is 167 Å². The molecular formula is C19H30BClN2O4. The molecule has 1 amide bonds. The SMILES string of the molecule is Cl.NCCC[C@H](NC(=O)c1cccc(C23CCC(O)(CC2)CC3)c1)B(O)O. The lowest BCUT2D eigenvalue weighted by Crippen LogP contribution is -2.48. The number of nitrogens with one attached hydrogen (secondary N) is 1. The predicted molar refractivity (Wildman–Crippen MR) is 108 cm³/mol. The van der Waals surface area contributed by atoms with Gasteiger partial charge in [-0.1, -0.05) is 12.1 Å². The minimum Gasteiger partial charge on any atom is -0.426 e. The number of carbonyl (C=O) groups excluding carboxylic acids is 1. The Kier molecular flexibility index (Phi) is 7.33. The lowest BCUT2D eigenvalue weighted by molar-refractivity contribution is -0.0660. The number of benzene rings is 1. The van der Waals surface area contributed by atoms with Crippen molar-refractivity contribution in [3.63, 3.8) is 0 Å². The number of hydrogen-bond donors (Lipinski definition) is 5. The van der Waals surface area contributed by atoms with Gasteiger partial charge in [0.25, 0.3) is 5.91 Å². The van der Waals surface area contributed by atoms with Gasteiger partial charge in [-0.2, -0.15) is 0 Å². The van der Waals surface area contributed by atoms with E-state index in [0.29, 0.717) is 24.9 Å². The third-order valence-corrected chi connectivity index (χ3v) is 6.34. The predicted octanol–water partition coefficient (Wildman–Crippen LogP) is 1.29. The first-order valence-electron chi connectivity index (χ1n) is 9.58. The molecule has 27 heavy (non-hydrogen) atoms. The highest BCUT2D eigenvalue weighted by molar-refractivity contribution is 6.43. The Balaban J connectivity index is 0.00000261. The molecule has 0 radical (unpaired) electrons. The van der Waals surface area contributed by atoms with Gasteiger partial charge in [-0.15, -0.1) is 12.4 Å². The van der Waals surface area contributed by atoms with E-state index in [9.17, 15) is 19.9 Å². The fourth-order valence-corrected chi connectivity index (χ4v) is 4.47. The van der Waals surface area contributed by atoms with Crippen LogP contribution in [0.15, 0.2) is 24.3 Å². The Morgan fingerprint density at radius 2 is 1.81 bits per heavy atom. The van der Waals surface area contributed by atoms with E-state index in [4.69, 9.17) is 5.73 Å². The molecule has 0 saturated heterocycles. The zero-order chi connectivity index (χ0) is 18.8. The van der Waals surface area contributed by atoms with Gasteiger partial charge in [-0.3, -0.25) is 4.79 Å². The van der Waals surface area contributed by atoms with Crippen molar-refractivity contribution in [1.82, 2.24) is 5.32 Å². The van der Waals surface area contributed by atoms with E-state index in [-0.39, 0.29) is 23.7 Å². The van der Waals surface area contributed by atoms with Crippen LogP contribution in [0.4, 0.5) is 0 Å². The largest absolute Gasteiger partial charge is 0.475 e. The summed E-state index contributed by atoms with van der Waals surface area (Å²) in [5.41, 5.74) is 6.72. The van der Waals surface area contributed by atoms with Gasteiger partial charge in [0.1, 0.15) is 0 Å². The van der Waals surface area contributed by atoms with Gasteiger partial charge in [0.15, 0.2) is 0 Å². The summed E-state index contributed by atoms with van der Waals surface area (Å²) in [6.07, 6.45) is 6.33. The molecule has 150 valence electrons. The van der Waals surface area contributed by atoms with Crippen molar-refractivity contribution in [1.29, 1.82) is 0 Å². The van der Waals surface area contributed by atoms with E-state index < -0.39 is 18.7 Å². The van der Waals surface area contributed by atoms with Crippen LogP contribution in [0.25, 0.3) is 0 Å². The van der Waals surface area contributed by atoms with Crippen LogP contribution in [-0.2, 0) is 5.41 Å². The molecule has 6 nitrogen and oxygen atoms in total. The summed E-state index contributed by atoms with van der Waals surface area (Å²) in [5, 5.41) is 32.1. The molecule has 0 heterocycles. The minimum atomic E-state index is -1.61. The van der Waals surface area contributed by atoms with Gasteiger partial charge >= 0.3 is 7.12 Å². The summed E-state index contributed by atoms with van der Waals surface area (Å²) in [6, 6.07) is 7.63. The lowest BCUT2D eigenvalue weighted by atomic mass is 9.56. The zero-order valence-electron chi connectivity index (χ0n) is 15.6. The molecule has 2 bridgehead atoms. The zero-order valence-corrected chi connectivity index (χ0v) is 16.4. The van der Waals surface area contributed by atoms with Crippen molar-refractivity contribution in [3.05, 3.63) is 35.4 Å². The fraction of sp³-hybridized carbons (Fsp3) is 0.632. The van der Waals surface area contributed by atoms with Crippen molar-refractivity contribution in [2.75, 3.05) is 6.54 Å². The Morgan fingerprint density at radius 1 is 1.19 bits per heavy atom. The van der Waals surface area contributed by atoms with Crippen LogP contribution >= 0.6 is 12.4 Å². The van der Waals surface area contributed by atoms with Gasteiger partial charge in [0.2, 0.25) is 0 Å². The summed E-state index contributed by atoms with van der Waals surface area (Å²) in [5.74, 6) is -1.03. The fourth-order valence-electron chi connectivity index (χ4n) is 4.47. The summed E-state index contributed by atoms with van der Waals surface area (Å²) >= 11 is 0. The Bertz CT molecular complexity index is 634. The number of halogens is 1. The molecule has 8 heteroatoms. The molecule has 3 aliphatic carbocycles. The molecule has 3 saturated carbocycles. The van der Waals surface area contributed by atoms with Gasteiger partial charge in [0, 0.05) is 5.56 Å². The molecule has 1 aromatic rings. The highest BCUT2D eigenvalue weighted by atomic mass is 35.5. The molecule has 4 rings (SSSR count). The van der Waals surface area contributed by atoms with Crippen LogP contribution in [0.1, 0.15) is 67.3 Å². The number of aliphatic hydroxyl groups is 1. The molecule has 0 unspecified atom stereocenters. The number of rotatable bonds is 7. The van der Waals surface area contributed by atoms with Crippen molar-refractivity contribution >= 4 is 25.4 Å². The normalized spacial score (nSPS) is 27.6. The van der Waals surface area contributed by atoms with E-state index in [1.54, 1.807) is 6.07 Å². The second kappa shape index (κ2) is 8.92. The first kappa shape index (κ1) is 22.2. The van der Waals surface area contributed by atoms with Crippen LogP contribution in [0.3, 0.4) is 0 Å². The molecule has 3 fully saturated rings.